The summed E-state index contributed by atoms with van der Waals surface area (Å²) < 4.78 is 0. The number of nitrogen functional groups attached to an aromatic ring is 1. The molecular formula is C15H21N3O2. The van der Waals surface area contributed by atoms with Crippen LogP contribution in [0.25, 0.3) is 0 Å². The number of hydrogen-bond donors (Lipinski definition) is 2. The number of piperidine rings is 1. The first-order valence-electron chi connectivity index (χ1n) is 6.92. The molecule has 1 atom stereocenters. The molecule has 1 heterocycles. The zero-order valence-electron chi connectivity index (χ0n) is 12.0. The van der Waals surface area contributed by atoms with Crippen molar-refractivity contribution >= 4 is 23.2 Å². The van der Waals surface area contributed by atoms with E-state index in [1.54, 1.807) is 11.0 Å². The van der Waals surface area contributed by atoms with Crippen molar-refractivity contribution in [1.82, 2.24) is 4.90 Å². The Kier molecular flexibility index (Phi) is 4.27. The lowest BCUT2D eigenvalue weighted by Gasteiger charge is -2.30. The zero-order valence-corrected chi connectivity index (χ0v) is 12.0. The Morgan fingerprint density at radius 2 is 2.25 bits per heavy atom. The van der Waals surface area contributed by atoms with E-state index < -0.39 is 0 Å². The molecule has 1 fully saturated rings. The molecule has 108 valence electrons. The molecule has 20 heavy (non-hydrogen) atoms. The lowest BCUT2D eigenvalue weighted by atomic mass is 9.99. The molecular weight excluding hydrogens is 254 g/mol. The highest BCUT2D eigenvalue weighted by molar-refractivity contribution is 5.97. The van der Waals surface area contributed by atoms with E-state index in [9.17, 15) is 9.59 Å². The lowest BCUT2D eigenvalue weighted by Crippen LogP contribution is -2.44. The molecule has 5 heteroatoms. The molecule has 0 spiro atoms. The van der Waals surface area contributed by atoms with Crippen molar-refractivity contribution < 1.29 is 9.59 Å². The van der Waals surface area contributed by atoms with Crippen LogP contribution in [0, 0.1) is 12.8 Å². The Bertz CT molecular complexity index is 508. The van der Waals surface area contributed by atoms with Gasteiger partial charge in [-0.15, -0.1) is 0 Å². The maximum atomic E-state index is 12.1. The number of hydrogen-bond acceptors (Lipinski definition) is 3. The topological polar surface area (TPSA) is 75.4 Å². The van der Waals surface area contributed by atoms with Crippen LogP contribution in [0.4, 0.5) is 11.4 Å². The summed E-state index contributed by atoms with van der Waals surface area (Å²) in [7, 11) is 0. The number of carbonyl (C=O) groups is 2. The third-order valence-corrected chi connectivity index (χ3v) is 3.70. The van der Waals surface area contributed by atoms with Gasteiger partial charge < -0.3 is 16.0 Å². The predicted octanol–water partition coefficient (Wildman–Crippen LogP) is 1.77. The molecule has 0 saturated carbocycles. The Labute approximate surface area is 119 Å². The second-order valence-electron chi connectivity index (χ2n) is 5.39. The van der Waals surface area contributed by atoms with Crippen LogP contribution < -0.4 is 11.1 Å². The summed E-state index contributed by atoms with van der Waals surface area (Å²) in [6.07, 6.45) is 1.86. The number of aryl methyl sites for hydroxylation is 1. The fraction of sp³-hybridized carbons (Fsp3) is 0.467. The molecule has 0 aliphatic carbocycles. The van der Waals surface area contributed by atoms with Crippen molar-refractivity contribution in [2.45, 2.75) is 26.7 Å². The Morgan fingerprint density at radius 3 is 2.95 bits per heavy atom. The molecule has 0 radical (unpaired) electrons. The molecule has 1 aliphatic heterocycles. The van der Waals surface area contributed by atoms with Gasteiger partial charge in [0.2, 0.25) is 11.8 Å². The lowest BCUT2D eigenvalue weighted by molar-refractivity contribution is -0.140. The second-order valence-corrected chi connectivity index (χ2v) is 5.39. The van der Waals surface area contributed by atoms with E-state index in [4.69, 9.17) is 5.73 Å². The van der Waals surface area contributed by atoms with Crippen LogP contribution >= 0.6 is 0 Å². The Balaban J connectivity index is 2.01. The van der Waals surface area contributed by atoms with Crippen molar-refractivity contribution in [3.05, 3.63) is 23.8 Å². The van der Waals surface area contributed by atoms with Gasteiger partial charge in [-0.1, -0.05) is 19.1 Å². The summed E-state index contributed by atoms with van der Waals surface area (Å²) in [5, 5.41) is 2.80. The normalized spacial score (nSPS) is 19.0. The number of nitrogens with two attached hydrogens (primary N) is 1. The molecule has 1 aromatic carbocycles. The number of nitrogens with zero attached hydrogens (tertiary/aromatic N) is 1. The third kappa shape index (κ3) is 3.10. The van der Waals surface area contributed by atoms with Crippen molar-refractivity contribution in [2.24, 2.45) is 5.92 Å². The molecule has 1 aromatic rings. The van der Waals surface area contributed by atoms with Crippen LogP contribution in [0.1, 0.15) is 25.3 Å². The van der Waals surface area contributed by atoms with E-state index in [0.29, 0.717) is 17.9 Å². The predicted molar refractivity (Wildman–Crippen MR) is 79.2 cm³/mol. The molecule has 3 N–H and O–H groups in total. The first-order chi connectivity index (χ1) is 9.49. The SMILES string of the molecule is Cc1cccc(N)c1NC(=O)CN1CCCC(C)C1=O. The van der Waals surface area contributed by atoms with Gasteiger partial charge in [-0.3, -0.25) is 9.59 Å². The van der Waals surface area contributed by atoms with E-state index in [1.807, 2.05) is 26.0 Å². The average Bonchev–Trinajstić information content (AvgIpc) is 2.39. The molecule has 1 unspecified atom stereocenters. The molecule has 0 bridgehead atoms. The quantitative estimate of drug-likeness (QED) is 0.826. The smallest absolute Gasteiger partial charge is 0.244 e. The van der Waals surface area contributed by atoms with E-state index in [0.717, 1.165) is 18.4 Å². The van der Waals surface area contributed by atoms with Gasteiger partial charge in [0.05, 0.1) is 17.9 Å². The Morgan fingerprint density at radius 1 is 1.50 bits per heavy atom. The van der Waals surface area contributed by atoms with Crippen LogP contribution in [0.5, 0.6) is 0 Å². The summed E-state index contributed by atoms with van der Waals surface area (Å²) in [4.78, 5) is 25.7. The molecule has 0 aromatic heterocycles. The monoisotopic (exact) mass is 275 g/mol. The van der Waals surface area contributed by atoms with Gasteiger partial charge in [0.25, 0.3) is 0 Å². The van der Waals surface area contributed by atoms with Crippen molar-refractivity contribution in [3.63, 3.8) is 0 Å². The summed E-state index contributed by atoms with van der Waals surface area (Å²) in [6, 6.07) is 5.48. The van der Waals surface area contributed by atoms with E-state index in [2.05, 4.69) is 5.32 Å². The number of likely N-dealkylation sites (tertiary alicyclic amines) is 1. The summed E-state index contributed by atoms with van der Waals surface area (Å²) in [5.74, 6) is -0.127. The van der Waals surface area contributed by atoms with Gasteiger partial charge in [-0.2, -0.15) is 0 Å². The molecule has 1 aliphatic rings. The molecule has 2 rings (SSSR count). The van der Waals surface area contributed by atoms with Crippen LogP contribution in [0.15, 0.2) is 18.2 Å². The fourth-order valence-corrected chi connectivity index (χ4v) is 2.50. The maximum absolute atomic E-state index is 12.1. The zero-order chi connectivity index (χ0) is 14.7. The number of nitrogens with one attached hydrogen (secondary N) is 1. The second kappa shape index (κ2) is 5.94. The number of carbonyl (C=O) groups excluding carboxylic acids is 2. The van der Waals surface area contributed by atoms with Crippen molar-refractivity contribution in [3.8, 4) is 0 Å². The van der Waals surface area contributed by atoms with E-state index in [1.165, 1.54) is 0 Å². The highest BCUT2D eigenvalue weighted by atomic mass is 16.2. The van der Waals surface area contributed by atoms with Gasteiger partial charge in [0, 0.05) is 12.5 Å². The summed E-state index contributed by atoms with van der Waals surface area (Å²) in [6.45, 7) is 4.54. The van der Waals surface area contributed by atoms with Gasteiger partial charge in [0.15, 0.2) is 0 Å². The Hall–Kier alpha value is -2.04. The minimum absolute atomic E-state index is 0.0140. The highest BCUT2D eigenvalue weighted by Gasteiger charge is 2.26. The highest BCUT2D eigenvalue weighted by Crippen LogP contribution is 2.23. The third-order valence-electron chi connectivity index (χ3n) is 3.70. The van der Waals surface area contributed by atoms with Crippen molar-refractivity contribution in [2.75, 3.05) is 24.1 Å². The van der Waals surface area contributed by atoms with Crippen molar-refractivity contribution in [1.29, 1.82) is 0 Å². The number of para-hydroxylation sites is 1. The van der Waals surface area contributed by atoms with Crippen LogP contribution in [-0.4, -0.2) is 29.8 Å². The molecule has 5 nitrogen and oxygen atoms in total. The van der Waals surface area contributed by atoms with E-state index in [-0.39, 0.29) is 24.3 Å². The maximum Gasteiger partial charge on any atom is 0.244 e. The average molecular weight is 275 g/mol. The van der Waals surface area contributed by atoms with Gasteiger partial charge in [-0.25, -0.2) is 0 Å². The van der Waals surface area contributed by atoms with Gasteiger partial charge >= 0.3 is 0 Å². The van der Waals surface area contributed by atoms with Crippen LogP contribution in [0.3, 0.4) is 0 Å². The molecule has 1 saturated heterocycles. The number of benzene rings is 1. The van der Waals surface area contributed by atoms with Crippen LogP contribution in [0.2, 0.25) is 0 Å². The number of rotatable bonds is 3. The largest absolute Gasteiger partial charge is 0.397 e. The van der Waals surface area contributed by atoms with Crippen LogP contribution in [-0.2, 0) is 9.59 Å². The van der Waals surface area contributed by atoms with Gasteiger partial charge in [-0.05, 0) is 31.4 Å². The molecule has 2 amide bonds. The minimum Gasteiger partial charge on any atom is -0.397 e. The number of amides is 2. The summed E-state index contributed by atoms with van der Waals surface area (Å²) >= 11 is 0. The van der Waals surface area contributed by atoms with Gasteiger partial charge in [0.1, 0.15) is 0 Å². The standard InChI is InChI=1S/C15H21N3O2/c1-10-5-3-7-12(16)14(10)17-13(19)9-18-8-4-6-11(2)15(18)20/h3,5,7,11H,4,6,8-9,16H2,1-2H3,(H,17,19). The fourth-order valence-electron chi connectivity index (χ4n) is 2.50. The minimum atomic E-state index is -0.201. The van der Waals surface area contributed by atoms with E-state index >= 15 is 0 Å². The number of anilines is 2. The first-order valence-corrected chi connectivity index (χ1v) is 6.92. The summed E-state index contributed by atoms with van der Waals surface area (Å²) in [5.41, 5.74) is 7.94. The first kappa shape index (κ1) is 14.4.